The average Bonchev–Trinajstić information content (AvgIpc) is 3.94. The molecule has 1 aliphatic carbocycles. The first kappa shape index (κ1) is 30.1. The molecule has 3 heteroatoms. The molecule has 0 aliphatic heterocycles. The van der Waals surface area contributed by atoms with Crippen molar-refractivity contribution in [2.75, 3.05) is 0 Å². The van der Waals surface area contributed by atoms with Crippen LogP contribution in [-0.2, 0) is 5.41 Å². The summed E-state index contributed by atoms with van der Waals surface area (Å²) >= 11 is 1.87. The monoisotopic (exact) mass is 707 g/mol. The molecule has 0 bridgehead atoms. The lowest BCUT2D eigenvalue weighted by atomic mass is 9.82. The van der Waals surface area contributed by atoms with Crippen molar-refractivity contribution in [3.05, 3.63) is 175 Å². The topological polar surface area (TPSA) is 18.1 Å². The molecular weight excluding hydrogens is 675 g/mol. The third-order valence-corrected chi connectivity index (χ3v) is 13.2. The highest BCUT2D eigenvalue weighted by atomic mass is 32.1. The van der Waals surface area contributed by atoms with E-state index in [2.05, 4.69) is 182 Å². The van der Waals surface area contributed by atoms with Gasteiger partial charge in [-0.1, -0.05) is 117 Å². The normalized spacial score (nSPS) is 13.5. The number of aromatic nitrogens is 1. The van der Waals surface area contributed by atoms with Gasteiger partial charge in [0.15, 0.2) is 0 Å². The SMILES string of the molecule is CC1(C)c2cc(-n3c4ccc(-c5ccccc5)cc4c4cc(-c5ccc6sc7ccccc7c6c5)ccc43)ccc2-c2c1ccc1c2oc2ccccc21. The van der Waals surface area contributed by atoms with E-state index in [1.54, 1.807) is 0 Å². The van der Waals surface area contributed by atoms with Crippen molar-refractivity contribution >= 4 is 75.3 Å². The minimum absolute atomic E-state index is 0.190. The highest BCUT2D eigenvalue weighted by Gasteiger charge is 2.38. The van der Waals surface area contributed by atoms with E-state index in [-0.39, 0.29) is 5.41 Å². The van der Waals surface area contributed by atoms with Crippen molar-refractivity contribution in [2.24, 2.45) is 0 Å². The van der Waals surface area contributed by atoms with Crippen molar-refractivity contribution in [1.29, 1.82) is 0 Å². The van der Waals surface area contributed by atoms with Gasteiger partial charge in [0.05, 0.1) is 11.0 Å². The van der Waals surface area contributed by atoms with E-state index in [0.717, 1.165) is 11.2 Å². The quantitative estimate of drug-likeness (QED) is 0.179. The summed E-state index contributed by atoms with van der Waals surface area (Å²) in [5.41, 5.74) is 15.3. The molecule has 12 rings (SSSR count). The second kappa shape index (κ2) is 10.8. The summed E-state index contributed by atoms with van der Waals surface area (Å²) < 4.78 is 11.7. The third kappa shape index (κ3) is 4.10. The van der Waals surface area contributed by atoms with Gasteiger partial charge in [0.1, 0.15) is 11.2 Å². The van der Waals surface area contributed by atoms with Crippen molar-refractivity contribution in [2.45, 2.75) is 19.3 Å². The van der Waals surface area contributed by atoms with E-state index < -0.39 is 0 Å². The Morgan fingerprint density at radius 3 is 1.91 bits per heavy atom. The number of rotatable bonds is 3. The van der Waals surface area contributed by atoms with Crippen LogP contribution < -0.4 is 0 Å². The average molecular weight is 708 g/mol. The predicted molar refractivity (Wildman–Crippen MR) is 229 cm³/mol. The minimum Gasteiger partial charge on any atom is -0.455 e. The van der Waals surface area contributed by atoms with Gasteiger partial charge in [0, 0.05) is 58.4 Å². The van der Waals surface area contributed by atoms with E-state index in [0.29, 0.717) is 0 Å². The van der Waals surface area contributed by atoms with Gasteiger partial charge in [-0.15, -0.1) is 11.3 Å². The lowest BCUT2D eigenvalue weighted by molar-refractivity contribution is 0.653. The van der Waals surface area contributed by atoms with Gasteiger partial charge >= 0.3 is 0 Å². The molecule has 0 fully saturated rings. The molecule has 0 saturated heterocycles. The molecule has 3 heterocycles. The molecule has 0 saturated carbocycles. The van der Waals surface area contributed by atoms with Crippen molar-refractivity contribution in [3.63, 3.8) is 0 Å². The number of hydrogen-bond acceptors (Lipinski definition) is 2. The summed E-state index contributed by atoms with van der Waals surface area (Å²) in [6, 6.07) is 60.4. The zero-order chi connectivity index (χ0) is 35.7. The fourth-order valence-corrected chi connectivity index (χ4v) is 10.4. The highest BCUT2D eigenvalue weighted by Crippen LogP contribution is 2.53. The molecule has 0 amide bonds. The van der Waals surface area contributed by atoms with Crippen LogP contribution in [0.3, 0.4) is 0 Å². The summed E-state index contributed by atoms with van der Waals surface area (Å²) in [6.07, 6.45) is 0. The molecule has 54 heavy (non-hydrogen) atoms. The van der Waals surface area contributed by atoms with E-state index in [1.807, 2.05) is 11.3 Å². The molecular formula is C51H33NOS. The predicted octanol–water partition coefficient (Wildman–Crippen LogP) is 14.7. The number of thiophene rings is 1. The van der Waals surface area contributed by atoms with Gasteiger partial charge in [-0.25, -0.2) is 0 Å². The Balaban J connectivity index is 1.08. The fraction of sp³-hybridized carbons (Fsp3) is 0.0588. The van der Waals surface area contributed by atoms with Gasteiger partial charge in [0.2, 0.25) is 0 Å². The maximum absolute atomic E-state index is 6.59. The molecule has 0 atom stereocenters. The second-order valence-electron chi connectivity index (χ2n) is 15.3. The lowest BCUT2D eigenvalue weighted by Gasteiger charge is -2.22. The van der Waals surface area contributed by atoms with Gasteiger partial charge in [-0.05, 0) is 99.6 Å². The Labute approximate surface area is 316 Å². The molecule has 1 aliphatic rings. The largest absolute Gasteiger partial charge is 0.455 e. The van der Waals surface area contributed by atoms with Crippen LogP contribution in [0.5, 0.6) is 0 Å². The first-order valence-electron chi connectivity index (χ1n) is 18.7. The maximum atomic E-state index is 6.59. The molecule has 0 N–H and O–H groups in total. The maximum Gasteiger partial charge on any atom is 0.143 e. The summed E-state index contributed by atoms with van der Waals surface area (Å²) in [6.45, 7) is 4.71. The third-order valence-electron chi connectivity index (χ3n) is 12.0. The van der Waals surface area contributed by atoms with Crippen LogP contribution in [0.25, 0.3) is 103 Å². The van der Waals surface area contributed by atoms with Crippen LogP contribution in [0, 0.1) is 0 Å². The first-order valence-corrected chi connectivity index (χ1v) is 19.5. The Kier molecular flexibility index (Phi) is 6.03. The van der Waals surface area contributed by atoms with Crippen molar-refractivity contribution in [3.8, 4) is 39.1 Å². The number of fused-ring (bicyclic) bond motifs is 13. The summed E-state index contributed by atoms with van der Waals surface area (Å²) in [5.74, 6) is 0. The van der Waals surface area contributed by atoms with E-state index in [1.165, 1.54) is 103 Å². The smallest absolute Gasteiger partial charge is 0.143 e. The van der Waals surface area contributed by atoms with Crippen LogP contribution in [-0.4, -0.2) is 4.57 Å². The Morgan fingerprint density at radius 2 is 1.11 bits per heavy atom. The van der Waals surface area contributed by atoms with Crippen LogP contribution in [0.2, 0.25) is 0 Å². The van der Waals surface area contributed by atoms with Crippen LogP contribution >= 0.6 is 11.3 Å². The van der Waals surface area contributed by atoms with E-state index in [4.69, 9.17) is 4.42 Å². The molecule has 0 radical (unpaired) electrons. The van der Waals surface area contributed by atoms with Gasteiger partial charge in [-0.2, -0.15) is 0 Å². The zero-order valence-electron chi connectivity index (χ0n) is 29.9. The first-order chi connectivity index (χ1) is 26.5. The zero-order valence-corrected chi connectivity index (χ0v) is 30.7. The molecule has 0 unspecified atom stereocenters. The molecule has 2 nitrogen and oxygen atoms in total. The number of nitrogens with zero attached hydrogens (tertiary/aromatic N) is 1. The molecule has 3 aromatic heterocycles. The van der Waals surface area contributed by atoms with Crippen LogP contribution in [0.4, 0.5) is 0 Å². The standard InChI is InChI=1S/C51H33NOS/c1-51(2)42-22-21-37-35-12-6-8-14-46(35)53-50(37)49(42)38-20-19-34(29-43(38)51)52-44-23-16-31(30-10-4-3-5-11-30)26-39(44)40-27-32(17-24-45(40)52)33-18-25-48-41(28-33)36-13-7-9-15-47(36)54-48/h3-29H,1-2H3. The Morgan fingerprint density at radius 1 is 0.463 bits per heavy atom. The number of para-hydroxylation sites is 1. The molecule has 0 spiro atoms. The molecule has 254 valence electrons. The van der Waals surface area contributed by atoms with E-state index in [9.17, 15) is 0 Å². The Hall–Kier alpha value is -6.42. The fourth-order valence-electron chi connectivity index (χ4n) is 9.33. The summed E-state index contributed by atoms with van der Waals surface area (Å²) in [7, 11) is 0. The van der Waals surface area contributed by atoms with Crippen LogP contribution in [0.15, 0.2) is 168 Å². The summed E-state index contributed by atoms with van der Waals surface area (Å²) in [5, 5.41) is 7.50. The minimum atomic E-state index is -0.190. The number of benzene rings is 8. The number of hydrogen-bond donors (Lipinski definition) is 0. The molecule has 8 aromatic carbocycles. The second-order valence-corrected chi connectivity index (χ2v) is 16.4. The van der Waals surface area contributed by atoms with E-state index >= 15 is 0 Å². The number of furan rings is 1. The lowest BCUT2D eigenvalue weighted by Crippen LogP contribution is -2.15. The molecule has 11 aromatic rings. The van der Waals surface area contributed by atoms with Gasteiger partial charge in [0.25, 0.3) is 0 Å². The van der Waals surface area contributed by atoms with Crippen LogP contribution in [0.1, 0.15) is 25.0 Å². The van der Waals surface area contributed by atoms with Crippen molar-refractivity contribution in [1.82, 2.24) is 4.57 Å². The Bertz CT molecular complexity index is 3360. The summed E-state index contributed by atoms with van der Waals surface area (Å²) in [4.78, 5) is 0. The van der Waals surface area contributed by atoms with Gasteiger partial charge in [-0.3, -0.25) is 0 Å². The highest BCUT2D eigenvalue weighted by molar-refractivity contribution is 7.25. The van der Waals surface area contributed by atoms with Gasteiger partial charge < -0.3 is 8.98 Å². The van der Waals surface area contributed by atoms with Crippen molar-refractivity contribution < 1.29 is 4.42 Å².